The third kappa shape index (κ3) is 1.37. The van der Waals surface area contributed by atoms with Crippen molar-refractivity contribution in [1.29, 1.82) is 0 Å². The van der Waals surface area contributed by atoms with Gasteiger partial charge in [0, 0.05) is 6.07 Å². The maximum absolute atomic E-state index is 11.0. The first-order valence-corrected chi connectivity index (χ1v) is 3.32. The van der Waals surface area contributed by atoms with Gasteiger partial charge in [0.05, 0.1) is 0 Å². The summed E-state index contributed by atoms with van der Waals surface area (Å²) in [6.45, 7) is 1.37. The van der Waals surface area contributed by atoms with E-state index in [4.69, 9.17) is 10.8 Å². The van der Waals surface area contributed by atoms with Crippen molar-refractivity contribution in [1.82, 2.24) is 9.55 Å². The zero-order chi connectivity index (χ0) is 9.30. The molecular formula is C6H9N3O3. The third-order valence-electron chi connectivity index (χ3n) is 1.38. The molecule has 0 radical (unpaired) electrons. The average Bonchev–Trinajstić information content (AvgIpc) is 1.82. The van der Waals surface area contributed by atoms with Crippen LogP contribution in [0.4, 0.5) is 5.82 Å². The molecule has 4 N–H and O–H groups in total. The van der Waals surface area contributed by atoms with Crippen LogP contribution in [0.3, 0.4) is 0 Å². The predicted octanol–water partition coefficient (Wildman–Crippen LogP) is -1.37. The van der Waals surface area contributed by atoms with Crippen LogP contribution in [0.25, 0.3) is 0 Å². The van der Waals surface area contributed by atoms with Gasteiger partial charge in [0.15, 0.2) is 0 Å². The summed E-state index contributed by atoms with van der Waals surface area (Å²) in [5, 5.41) is 9.04. The van der Waals surface area contributed by atoms with Gasteiger partial charge < -0.3 is 10.8 Å². The first-order valence-electron chi connectivity index (χ1n) is 3.32. The highest BCUT2D eigenvalue weighted by atomic mass is 16.3. The molecule has 0 saturated carbocycles. The number of anilines is 1. The Morgan fingerprint density at radius 2 is 2.25 bits per heavy atom. The van der Waals surface area contributed by atoms with Gasteiger partial charge in [-0.3, -0.25) is 14.3 Å². The SMILES string of the molecule is CC(O)n1c(N)cc(=O)[nH]c1=O. The third-order valence-corrected chi connectivity index (χ3v) is 1.38. The summed E-state index contributed by atoms with van der Waals surface area (Å²) in [6, 6.07) is 1.04. The van der Waals surface area contributed by atoms with E-state index < -0.39 is 17.5 Å². The summed E-state index contributed by atoms with van der Waals surface area (Å²) in [4.78, 5) is 23.6. The highest BCUT2D eigenvalue weighted by molar-refractivity contribution is 5.26. The Hall–Kier alpha value is -1.56. The van der Waals surface area contributed by atoms with Crippen LogP contribution in [-0.4, -0.2) is 14.7 Å². The molecular weight excluding hydrogens is 162 g/mol. The summed E-state index contributed by atoms with van der Waals surface area (Å²) in [5.74, 6) is -0.0567. The molecule has 66 valence electrons. The fourth-order valence-electron chi connectivity index (χ4n) is 0.908. The molecule has 0 aromatic carbocycles. The Morgan fingerprint density at radius 1 is 1.67 bits per heavy atom. The molecule has 0 bridgehead atoms. The fraction of sp³-hybridized carbons (Fsp3) is 0.333. The molecule has 1 atom stereocenters. The van der Waals surface area contributed by atoms with Gasteiger partial charge in [-0.2, -0.15) is 0 Å². The highest BCUT2D eigenvalue weighted by Crippen LogP contribution is 2.00. The minimum atomic E-state index is -1.05. The lowest BCUT2D eigenvalue weighted by Crippen LogP contribution is -2.33. The number of nitrogens with one attached hydrogen (secondary N) is 1. The topological polar surface area (TPSA) is 101 Å². The molecule has 0 fully saturated rings. The smallest absolute Gasteiger partial charge is 0.332 e. The summed E-state index contributed by atoms with van der Waals surface area (Å²) in [6.07, 6.45) is -1.05. The number of nitrogen functional groups attached to an aromatic ring is 1. The molecule has 6 nitrogen and oxygen atoms in total. The van der Waals surface area contributed by atoms with Crippen LogP contribution in [-0.2, 0) is 0 Å². The van der Waals surface area contributed by atoms with Crippen LogP contribution >= 0.6 is 0 Å². The lowest BCUT2D eigenvalue weighted by Gasteiger charge is -2.09. The van der Waals surface area contributed by atoms with Crippen molar-refractivity contribution in [3.63, 3.8) is 0 Å². The van der Waals surface area contributed by atoms with E-state index in [1.807, 2.05) is 4.98 Å². The number of aromatic nitrogens is 2. The molecule has 1 aromatic heterocycles. The molecule has 1 heterocycles. The fourth-order valence-corrected chi connectivity index (χ4v) is 0.908. The van der Waals surface area contributed by atoms with Gasteiger partial charge in [0.1, 0.15) is 12.0 Å². The molecule has 1 aromatic rings. The number of nitrogens with two attached hydrogens (primary N) is 1. The summed E-state index contributed by atoms with van der Waals surface area (Å²) in [7, 11) is 0. The van der Waals surface area contributed by atoms with Crippen molar-refractivity contribution in [3.05, 3.63) is 26.9 Å². The van der Waals surface area contributed by atoms with E-state index in [9.17, 15) is 9.59 Å². The van der Waals surface area contributed by atoms with Gasteiger partial charge >= 0.3 is 5.69 Å². The normalized spacial score (nSPS) is 12.8. The van der Waals surface area contributed by atoms with Crippen molar-refractivity contribution in [2.24, 2.45) is 0 Å². The number of H-pyrrole nitrogens is 1. The lowest BCUT2D eigenvalue weighted by molar-refractivity contribution is 0.121. The predicted molar refractivity (Wildman–Crippen MR) is 42.7 cm³/mol. The zero-order valence-electron chi connectivity index (χ0n) is 6.44. The second-order valence-corrected chi connectivity index (χ2v) is 2.37. The van der Waals surface area contributed by atoms with E-state index in [-0.39, 0.29) is 5.82 Å². The largest absolute Gasteiger partial charge is 0.385 e. The molecule has 6 heteroatoms. The van der Waals surface area contributed by atoms with Crippen molar-refractivity contribution >= 4 is 5.82 Å². The van der Waals surface area contributed by atoms with Crippen molar-refractivity contribution in [3.8, 4) is 0 Å². The molecule has 0 amide bonds. The standard InChI is InChI=1S/C6H9N3O3/c1-3(10)9-4(7)2-5(11)8-6(9)12/h2-3,10H,7H2,1H3,(H,8,11,12). The monoisotopic (exact) mass is 171 g/mol. The summed E-state index contributed by atoms with van der Waals surface area (Å²) < 4.78 is 0.876. The van der Waals surface area contributed by atoms with Crippen LogP contribution in [0.15, 0.2) is 15.7 Å². The average molecular weight is 171 g/mol. The number of aliphatic hydroxyl groups excluding tert-OH is 1. The molecule has 0 aliphatic rings. The van der Waals surface area contributed by atoms with E-state index in [1.165, 1.54) is 6.92 Å². The van der Waals surface area contributed by atoms with E-state index in [1.54, 1.807) is 0 Å². The van der Waals surface area contributed by atoms with Crippen LogP contribution in [0.2, 0.25) is 0 Å². The van der Waals surface area contributed by atoms with Crippen molar-refractivity contribution in [2.75, 3.05) is 5.73 Å². The number of aliphatic hydroxyl groups is 1. The highest BCUT2D eigenvalue weighted by Gasteiger charge is 2.06. The summed E-state index contributed by atoms with van der Waals surface area (Å²) in [5.41, 5.74) is 4.02. The van der Waals surface area contributed by atoms with E-state index in [0.29, 0.717) is 0 Å². The minimum absolute atomic E-state index is 0.0567. The van der Waals surface area contributed by atoms with Gasteiger partial charge in [-0.15, -0.1) is 0 Å². The summed E-state index contributed by atoms with van der Waals surface area (Å²) >= 11 is 0. The Morgan fingerprint density at radius 3 is 2.67 bits per heavy atom. The first-order chi connectivity index (χ1) is 5.52. The van der Waals surface area contributed by atoms with Crippen LogP contribution in [0.1, 0.15) is 13.2 Å². The zero-order valence-corrected chi connectivity index (χ0v) is 6.44. The molecule has 0 aliphatic heterocycles. The molecule has 1 unspecified atom stereocenters. The number of rotatable bonds is 1. The second kappa shape index (κ2) is 2.82. The second-order valence-electron chi connectivity index (χ2n) is 2.37. The van der Waals surface area contributed by atoms with E-state index in [0.717, 1.165) is 10.6 Å². The lowest BCUT2D eigenvalue weighted by atomic mass is 10.5. The van der Waals surface area contributed by atoms with E-state index in [2.05, 4.69) is 0 Å². The first kappa shape index (κ1) is 8.54. The number of aromatic amines is 1. The Balaban J connectivity index is 3.49. The molecule has 0 spiro atoms. The molecule has 1 rings (SSSR count). The van der Waals surface area contributed by atoms with Gasteiger partial charge in [0.25, 0.3) is 5.56 Å². The quantitative estimate of drug-likeness (QED) is 0.485. The van der Waals surface area contributed by atoms with Gasteiger partial charge in [-0.1, -0.05) is 0 Å². The molecule has 12 heavy (non-hydrogen) atoms. The number of hydrogen-bond acceptors (Lipinski definition) is 4. The van der Waals surface area contributed by atoms with Crippen LogP contribution < -0.4 is 17.0 Å². The molecule has 0 saturated heterocycles. The Bertz CT molecular complexity index is 390. The Labute approximate surface area is 67.3 Å². The van der Waals surface area contributed by atoms with Crippen molar-refractivity contribution in [2.45, 2.75) is 13.2 Å². The van der Waals surface area contributed by atoms with Crippen LogP contribution in [0, 0.1) is 0 Å². The maximum atomic E-state index is 11.0. The molecule has 0 aliphatic carbocycles. The van der Waals surface area contributed by atoms with Gasteiger partial charge in [-0.05, 0) is 6.92 Å². The van der Waals surface area contributed by atoms with Gasteiger partial charge in [0.2, 0.25) is 0 Å². The minimum Gasteiger partial charge on any atom is -0.385 e. The van der Waals surface area contributed by atoms with Crippen LogP contribution in [0.5, 0.6) is 0 Å². The number of hydrogen-bond donors (Lipinski definition) is 3. The maximum Gasteiger partial charge on any atom is 0.332 e. The Kier molecular flexibility index (Phi) is 2.01. The van der Waals surface area contributed by atoms with E-state index >= 15 is 0 Å². The number of nitrogens with zero attached hydrogens (tertiary/aromatic N) is 1. The van der Waals surface area contributed by atoms with Crippen molar-refractivity contribution < 1.29 is 5.11 Å². The van der Waals surface area contributed by atoms with Gasteiger partial charge in [-0.25, -0.2) is 4.79 Å².